The topological polar surface area (TPSA) is 12.0 Å². The zero-order valence-electron chi connectivity index (χ0n) is 24.3. The van der Waals surface area contributed by atoms with E-state index in [4.69, 9.17) is 0 Å². The van der Waals surface area contributed by atoms with Crippen molar-refractivity contribution in [3.8, 4) is 22.3 Å². The summed E-state index contributed by atoms with van der Waals surface area (Å²) in [5.41, 5.74) is 14.1. The molecule has 0 saturated carbocycles. The first-order valence-corrected chi connectivity index (χ1v) is 15.2. The molecule has 0 unspecified atom stereocenters. The maximum absolute atomic E-state index is 3.69. The highest BCUT2D eigenvalue weighted by molar-refractivity contribution is 5.90. The fraction of sp³-hybridized carbons (Fsp3) is 0.0233. The van der Waals surface area contributed by atoms with E-state index in [2.05, 4.69) is 187 Å². The fourth-order valence-electron chi connectivity index (χ4n) is 7.08. The average molecular weight is 562 g/mol. The van der Waals surface area contributed by atoms with Gasteiger partial charge >= 0.3 is 0 Å². The molecule has 2 aliphatic rings. The largest absolute Gasteiger partial charge is 0.361 e. The molecule has 6 aromatic rings. The van der Waals surface area contributed by atoms with E-state index in [1.54, 1.807) is 0 Å². The van der Waals surface area contributed by atoms with Gasteiger partial charge in [-0.1, -0.05) is 158 Å². The van der Waals surface area contributed by atoms with Crippen molar-refractivity contribution in [1.82, 2.24) is 0 Å². The third kappa shape index (κ3) is 4.17. The number of allylic oxidation sites excluding steroid dienone is 4. The molecular formula is C43H31N. The van der Waals surface area contributed by atoms with E-state index in [1.807, 2.05) is 0 Å². The molecule has 1 heteroatoms. The Morgan fingerprint density at radius 2 is 1.02 bits per heavy atom. The highest BCUT2D eigenvalue weighted by Crippen LogP contribution is 2.58. The van der Waals surface area contributed by atoms with Crippen LogP contribution in [0, 0.1) is 0 Å². The molecular weight excluding hydrogens is 530 g/mol. The number of benzene rings is 6. The molecule has 0 aromatic heterocycles. The standard InChI is InChI=1S/C43H31N/c1-3-14-31(15-4-1)33-18-13-29-44-42-24-12-11-23-40(42)43(38-21-9-7-19-36(38)37-20-8-10-22-39(37)43)41-30-35(28-27-34(41)26-25-33)32-16-5-2-6-17-32/h1-30,44H/b26-25-,29-13+,33-18+. The highest BCUT2D eigenvalue weighted by atomic mass is 14.8. The van der Waals surface area contributed by atoms with Gasteiger partial charge in [-0.2, -0.15) is 0 Å². The molecule has 0 fully saturated rings. The minimum Gasteiger partial charge on any atom is -0.361 e. The van der Waals surface area contributed by atoms with Gasteiger partial charge in [-0.15, -0.1) is 0 Å². The normalized spacial score (nSPS) is 16.9. The first-order valence-electron chi connectivity index (χ1n) is 15.2. The molecule has 0 radical (unpaired) electrons. The van der Waals surface area contributed by atoms with Crippen LogP contribution >= 0.6 is 0 Å². The van der Waals surface area contributed by atoms with Crippen LogP contribution in [0.15, 0.2) is 176 Å². The molecule has 1 N–H and O–H groups in total. The van der Waals surface area contributed by atoms with Crippen molar-refractivity contribution in [3.05, 3.63) is 209 Å². The Labute approximate surface area is 259 Å². The van der Waals surface area contributed by atoms with Gasteiger partial charge in [-0.3, -0.25) is 0 Å². The van der Waals surface area contributed by atoms with Crippen LogP contribution in [0.3, 0.4) is 0 Å². The SMILES string of the molecule is C1=C/c2ccc(-c3ccccc3)cc2C2(c3ccccc3N/C=C/C=C\1c1ccccc1)c1ccccc1-c1ccccc12. The smallest absolute Gasteiger partial charge is 0.0739 e. The quantitative estimate of drug-likeness (QED) is 0.221. The lowest BCUT2D eigenvalue weighted by molar-refractivity contribution is 0.769. The number of para-hydroxylation sites is 1. The number of rotatable bonds is 2. The molecule has 1 aliphatic carbocycles. The van der Waals surface area contributed by atoms with Crippen molar-refractivity contribution in [2.24, 2.45) is 0 Å². The van der Waals surface area contributed by atoms with E-state index in [9.17, 15) is 0 Å². The van der Waals surface area contributed by atoms with E-state index in [1.165, 1.54) is 55.6 Å². The molecule has 6 aromatic carbocycles. The lowest BCUT2D eigenvalue weighted by atomic mass is 9.65. The molecule has 8 rings (SSSR count). The molecule has 44 heavy (non-hydrogen) atoms. The van der Waals surface area contributed by atoms with Crippen LogP contribution in [-0.2, 0) is 5.41 Å². The van der Waals surface area contributed by atoms with Crippen molar-refractivity contribution in [3.63, 3.8) is 0 Å². The van der Waals surface area contributed by atoms with Crippen LogP contribution in [-0.4, -0.2) is 0 Å². The summed E-state index contributed by atoms with van der Waals surface area (Å²) in [7, 11) is 0. The Balaban J connectivity index is 1.51. The first kappa shape index (κ1) is 26.0. The lowest BCUT2D eigenvalue weighted by Gasteiger charge is -2.37. The Bertz CT molecular complexity index is 2030. The molecule has 0 bridgehead atoms. The van der Waals surface area contributed by atoms with Gasteiger partial charge < -0.3 is 5.32 Å². The first-order chi connectivity index (χ1) is 21.8. The highest BCUT2D eigenvalue weighted by Gasteiger charge is 2.48. The lowest BCUT2D eigenvalue weighted by Crippen LogP contribution is -2.30. The number of anilines is 1. The summed E-state index contributed by atoms with van der Waals surface area (Å²) >= 11 is 0. The van der Waals surface area contributed by atoms with Crippen molar-refractivity contribution in [2.75, 3.05) is 5.32 Å². The number of hydrogen-bond donors (Lipinski definition) is 1. The maximum Gasteiger partial charge on any atom is 0.0739 e. The van der Waals surface area contributed by atoms with E-state index < -0.39 is 5.41 Å². The van der Waals surface area contributed by atoms with Gasteiger partial charge in [0.15, 0.2) is 0 Å². The molecule has 1 heterocycles. The third-order valence-electron chi connectivity index (χ3n) is 9.01. The second kappa shape index (κ2) is 10.9. The maximum atomic E-state index is 3.69. The van der Waals surface area contributed by atoms with Crippen molar-refractivity contribution in [2.45, 2.75) is 5.41 Å². The van der Waals surface area contributed by atoms with Crippen molar-refractivity contribution < 1.29 is 0 Å². The van der Waals surface area contributed by atoms with Gasteiger partial charge in [0.25, 0.3) is 0 Å². The van der Waals surface area contributed by atoms with Gasteiger partial charge in [0, 0.05) is 11.9 Å². The third-order valence-corrected chi connectivity index (χ3v) is 9.01. The van der Waals surface area contributed by atoms with Crippen LogP contribution in [0.5, 0.6) is 0 Å². The summed E-state index contributed by atoms with van der Waals surface area (Å²) in [6, 6.07) is 55.0. The fourth-order valence-corrected chi connectivity index (χ4v) is 7.08. The zero-order valence-corrected chi connectivity index (χ0v) is 24.3. The molecule has 1 spiro atoms. The van der Waals surface area contributed by atoms with E-state index in [-0.39, 0.29) is 0 Å². The molecule has 0 amide bonds. The summed E-state index contributed by atoms with van der Waals surface area (Å²) in [5.74, 6) is 0. The van der Waals surface area contributed by atoms with Gasteiger partial charge in [0.2, 0.25) is 0 Å². The van der Waals surface area contributed by atoms with Gasteiger partial charge in [0.05, 0.1) is 5.41 Å². The summed E-state index contributed by atoms with van der Waals surface area (Å²) in [4.78, 5) is 0. The summed E-state index contributed by atoms with van der Waals surface area (Å²) in [5, 5.41) is 3.69. The monoisotopic (exact) mass is 561 g/mol. The van der Waals surface area contributed by atoms with Crippen molar-refractivity contribution in [1.29, 1.82) is 0 Å². The van der Waals surface area contributed by atoms with Crippen LogP contribution in [0.1, 0.15) is 33.4 Å². The molecule has 208 valence electrons. The predicted molar refractivity (Wildman–Crippen MR) is 185 cm³/mol. The summed E-state index contributed by atoms with van der Waals surface area (Å²) in [6.45, 7) is 0. The summed E-state index contributed by atoms with van der Waals surface area (Å²) < 4.78 is 0. The second-order valence-electron chi connectivity index (χ2n) is 11.4. The molecule has 0 atom stereocenters. The zero-order chi connectivity index (χ0) is 29.3. The van der Waals surface area contributed by atoms with Gasteiger partial charge in [0.1, 0.15) is 0 Å². The summed E-state index contributed by atoms with van der Waals surface area (Å²) in [6.07, 6.45) is 10.9. The van der Waals surface area contributed by atoms with Gasteiger partial charge in [-0.25, -0.2) is 0 Å². The van der Waals surface area contributed by atoms with E-state index in [0.29, 0.717) is 0 Å². The molecule has 0 saturated heterocycles. The van der Waals surface area contributed by atoms with Crippen LogP contribution in [0.25, 0.3) is 33.9 Å². The van der Waals surface area contributed by atoms with E-state index in [0.717, 1.165) is 11.3 Å². The minimum absolute atomic E-state index is 0.551. The Morgan fingerprint density at radius 3 is 1.73 bits per heavy atom. The van der Waals surface area contributed by atoms with Gasteiger partial charge in [-0.05, 0) is 79.4 Å². The van der Waals surface area contributed by atoms with E-state index >= 15 is 0 Å². The van der Waals surface area contributed by atoms with Crippen LogP contribution < -0.4 is 5.32 Å². The van der Waals surface area contributed by atoms with Crippen LogP contribution in [0.2, 0.25) is 0 Å². The Kier molecular flexibility index (Phi) is 6.43. The Morgan fingerprint density at radius 1 is 0.432 bits per heavy atom. The molecule has 1 aliphatic heterocycles. The van der Waals surface area contributed by atoms with Crippen molar-refractivity contribution >= 4 is 17.3 Å². The second-order valence-corrected chi connectivity index (χ2v) is 11.4. The molecule has 1 nitrogen and oxygen atoms in total. The number of fused-ring (bicyclic) bond motifs is 9. The average Bonchev–Trinajstić information content (AvgIpc) is 3.39. The number of hydrogen-bond acceptors (Lipinski definition) is 1. The minimum atomic E-state index is -0.551. The Hall–Kier alpha value is -5.66. The van der Waals surface area contributed by atoms with Crippen LogP contribution in [0.4, 0.5) is 5.69 Å². The predicted octanol–water partition coefficient (Wildman–Crippen LogP) is 10.8. The number of nitrogens with one attached hydrogen (secondary N) is 1.